The van der Waals surface area contributed by atoms with Gasteiger partial charge in [-0.15, -0.1) is 0 Å². The van der Waals surface area contributed by atoms with Gasteiger partial charge in [-0.1, -0.05) is 18.2 Å². The molecule has 0 aliphatic carbocycles. The highest BCUT2D eigenvalue weighted by Crippen LogP contribution is 2.17. The van der Waals surface area contributed by atoms with Crippen LogP contribution in [0.2, 0.25) is 0 Å². The van der Waals surface area contributed by atoms with E-state index in [0.717, 1.165) is 18.7 Å². The molecule has 0 saturated carbocycles. The lowest BCUT2D eigenvalue weighted by atomic mass is 10.0. The second kappa shape index (κ2) is 3.80. The van der Waals surface area contributed by atoms with Gasteiger partial charge in [0.1, 0.15) is 0 Å². The summed E-state index contributed by atoms with van der Waals surface area (Å²) in [5.74, 6) is -0.184. The molecule has 74 valence electrons. The number of hydrogen-bond donors (Lipinski definition) is 1. The molecular formula is C11H13NO2. The third-order valence-electron chi connectivity index (χ3n) is 2.48. The van der Waals surface area contributed by atoms with Crippen molar-refractivity contribution in [1.82, 2.24) is 5.32 Å². The molecule has 14 heavy (non-hydrogen) atoms. The first-order chi connectivity index (χ1) is 6.79. The zero-order valence-corrected chi connectivity index (χ0v) is 8.17. The summed E-state index contributed by atoms with van der Waals surface area (Å²) < 4.78 is 4.62. The molecule has 0 amide bonds. The molecule has 1 aliphatic rings. The number of esters is 1. The van der Waals surface area contributed by atoms with Crippen molar-refractivity contribution in [2.45, 2.75) is 19.5 Å². The molecule has 0 spiro atoms. The van der Waals surface area contributed by atoms with Crippen LogP contribution in [0.3, 0.4) is 0 Å². The van der Waals surface area contributed by atoms with Crippen molar-refractivity contribution in [2.24, 2.45) is 0 Å². The first-order valence-electron chi connectivity index (χ1n) is 4.68. The van der Waals surface area contributed by atoms with E-state index in [1.54, 1.807) is 0 Å². The summed E-state index contributed by atoms with van der Waals surface area (Å²) in [5, 5.41) is 3.27. The summed E-state index contributed by atoms with van der Waals surface area (Å²) in [5.41, 5.74) is 3.66. The van der Waals surface area contributed by atoms with E-state index in [1.165, 1.54) is 18.2 Å². The fraction of sp³-hybridized carbons (Fsp3) is 0.364. The second-order valence-corrected chi connectivity index (χ2v) is 3.46. The van der Waals surface area contributed by atoms with Crippen LogP contribution in [0.1, 0.15) is 16.7 Å². The molecule has 0 bridgehead atoms. The monoisotopic (exact) mass is 191 g/mol. The van der Waals surface area contributed by atoms with Gasteiger partial charge in [-0.3, -0.25) is 4.79 Å². The Labute approximate surface area is 83.1 Å². The quantitative estimate of drug-likeness (QED) is 0.709. The Hall–Kier alpha value is -1.35. The van der Waals surface area contributed by atoms with E-state index in [-0.39, 0.29) is 5.97 Å². The molecule has 0 aromatic heterocycles. The van der Waals surface area contributed by atoms with Crippen molar-refractivity contribution in [3.8, 4) is 0 Å². The van der Waals surface area contributed by atoms with Crippen molar-refractivity contribution in [3.05, 3.63) is 34.9 Å². The number of methoxy groups -OCH3 is 1. The molecule has 1 N–H and O–H groups in total. The van der Waals surface area contributed by atoms with Gasteiger partial charge < -0.3 is 10.1 Å². The fourth-order valence-electron chi connectivity index (χ4n) is 1.70. The predicted octanol–water partition coefficient (Wildman–Crippen LogP) is 1.01. The van der Waals surface area contributed by atoms with E-state index < -0.39 is 0 Å². The standard InChI is InChI=1S/C11H13NO2/c1-14-11(13)5-8-2-3-9-6-12-7-10(9)4-8/h2-4,12H,5-7H2,1H3. The van der Waals surface area contributed by atoms with Crippen molar-refractivity contribution >= 4 is 5.97 Å². The molecule has 3 nitrogen and oxygen atoms in total. The first kappa shape index (κ1) is 9.21. The zero-order valence-electron chi connectivity index (χ0n) is 8.17. The normalized spacial score (nSPS) is 13.8. The molecule has 1 aromatic rings. The van der Waals surface area contributed by atoms with Crippen LogP contribution in [0.15, 0.2) is 18.2 Å². The molecule has 0 saturated heterocycles. The summed E-state index contributed by atoms with van der Waals surface area (Å²) in [4.78, 5) is 11.0. The third kappa shape index (κ3) is 1.77. The highest BCUT2D eigenvalue weighted by molar-refractivity contribution is 5.72. The molecule has 1 aromatic carbocycles. The van der Waals surface area contributed by atoms with Gasteiger partial charge in [0.2, 0.25) is 0 Å². The van der Waals surface area contributed by atoms with Gasteiger partial charge >= 0.3 is 5.97 Å². The van der Waals surface area contributed by atoms with Crippen LogP contribution in [-0.4, -0.2) is 13.1 Å². The molecule has 0 unspecified atom stereocenters. The highest BCUT2D eigenvalue weighted by atomic mass is 16.5. The number of carbonyl (C=O) groups is 1. The maximum atomic E-state index is 11.0. The smallest absolute Gasteiger partial charge is 0.309 e. The summed E-state index contributed by atoms with van der Waals surface area (Å²) >= 11 is 0. The molecular weight excluding hydrogens is 178 g/mol. The van der Waals surface area contributed by atoms with Crippen molar-refractivity contribution < 1.29 is 9.53 Å². The fourth-order valence-corrected chi connectivity index (χ4v) is 1.70. The van der Waals surface area contributed by atoms with Gasteiger partial charge in [0, 0.05) is 13.1 Å². The Balaban J connectivity index is 2.16. The van der Waals surface area contributed by atoms with Crippen molar-refractivity contribution in [1.29, 1.82) is 0 Å². The molecule has 1 aliphatic heterocycles. The lowest BCUT2D eigenvalue weighted by Gasteiger charge is -2.02. The summed E-state index contributed by atoms with van der Waals surface area (Å²) in [6, 6.07) is 6.14. The van der Waals surface area contributed by atoms with E-state index in [1.807, 2.05) is 6.07 Å². The average Bonchev–Trinajstić information content (AvgIpc) is 2.64. The van der Waals surface area contributed by atoms with Crippen LogP contribution >= 0.6 is 0 Å². The minimum Gasteiger partial charge on any atom is -0.469 e. The second-order valence-electron chi connectivity index (χ2n) is 3.46. The Morgan fingerprint density at radius 2 is 2.21 bits per heavy atom. The topological polar surface area (TPSA) is 38.3 Å². The third-order valence-corrected chi connectivity index (χ3v) is 2.48. The minimum absolute atomic E-state index is 0.184. The molecule has 2 rings (SSSR count). The van der Waals surface area contributed by atoms with E-state index in [0.29, 0.717) is 6.42 Å². The SMILES string of the molecule is COC(=O)Cc1ccc2c(c1)CNC2. The summed E-state index contributed by atoms with van der Waals surface area (Å²) in [6.07, 6.45) is 0.365. The maximum Gasteiger partial charge on any atom is 0.309 e. The lowest BCUT2D eigenvalue weighted by Crippen LogP contribution is -2.04. The largest absolute Gasteiger partial charge is 0.469 e. The molecule has 1 heterocycles. The van der Waals surface area contributed by atoms with Crippen LogP contribution in [0, 0.1) is 0 Å². The Kier molecular flexibility index (Phi) is 2.50. The van der Waals surface area contributed by atoms with Crippen LogP contribution in [0.4, 0.5) is 0 Å². The lowest BCUT2D eigenvalue weighted by molar-refractivity contribution is -0.139. The van der Waals surface area contributed by atoms with Crippen molar-refractivity contribution in [3.63, 3.8) is 0 Å². The molecule has 3 heteroatoms. The Morgan fingerprint density at radius 3 is 3.00 bits per heavy atom. The van der Waals surface area contributed by atoms with Crippen LogP contribution in [-0.2, 0) is 29.0 Å². The van der Waals surface area contributed by atoms with Gasteiger partial charge in [-0.25, -0.2) is 0 Å². The number of fused-ring (bicyclic) bond motifs is 1. The Bertz CT molecular complexity index is 360. The van der Waals surface area contributed by atoms with Crippen LogP contribution < -0.4 is 5.32 Å². The van der Waals surface area contributed by atoms with Crippen molar-refractivity contribution in [2.75, 3.05) is 7.11 Å². The van der Waals surface area contributed by atoms with Gasteiger partial charge in [-0.05, 0) is 16.7 Å². The number of ether oxygens (including phenoxy) is 1. The van der Waals surface area contributed by atoms with Crippen LogP contribution in [0.5, 0.6) is 0 Å². The average molecular weight is 191 g/mol. The number of rotatable bonds is 2. The van der Waals surface area contributed by atoms with E-state index in [4.69, 9.17) is 0 Å². The van der Waals surface area contributed by atoms with Crippen LogP contribution in [0.25, 0.3) is 0 Å². The molecule has 0 fully saturated rings. The first-order valence-corrected chi connectivity index (χ1v) is 4.68. The number of carbonyl (C=O) groups excluding carboxylic acids is 1. The number of nitrogens with one attached hydrogen (secondary N) is 1. The zero-order chi connectivity index (χ0) is 9.97. The highest BCUT2D eigenvalue weighted by Gasteiger charge is 2.11. The van der Waals surface area contributed by atoms with E-state index in [2.05, 4.69) is 22.2 Å². The Morgan fingerprint density at radius 1 is 1.43 bits per heavy atom. The van der Waals surface area contributed by atoms with Gasteiger partial charge in [0.25, 0.3) is 0 Å². The number of benzene rings is 1. The summed E-state index contributed by atoms with van der Waals surface area (Å²) in [7, 11) is 1.41. The van der Waals surface area contributed by atoms with Gasteiger partial charge in [0.05, 0.1) is 13.5 Å². The van der Waals surface area contributed by atoms with Gasteiger partial charge in [-0.2, -0.15) is 0 Å². The van der Waals surface area contributed by atoms with Gasteiger partial charge in [0.15, 0.2) is 0 Å². The minimum atomic E-state index is -0.184. The number of hydrogen-bond acceptors (Lipinski definition) is 3. The summed E-state index contributed by atoms with van der Waals surface area (Å²) in [6.45, 7) is 1.85. The molecule has 0 atom stereocenters. The van der Waals surface area contributed by atoms with E-state index >= 15 is 0 Å². The molecule has 0 radical (unpaired) electrons. The van der Waals surface area contributed by atoms with E-state index in [9.17, 15) is 4.79 Å². The maximum absolute atomic E-state index is 11.0. The predicted molar refractivity (Wildman–Crippen MR) is 52.7 cm³/mol.